The SMILES string of the molecule is O=C(CCOc1ccc(F)cc1)NCc1cc(Cl)c2c(c1)OCCO2. The van der Waals surface area contributed by atoms with E-state index < -0.39 is 0 Å². The molecule has 1 amide bonds. The summed E-state index contributed by atoms with van der Waals surface area (Å²) in [6, 6.07) is 9.19. The third-order valence-corrected chi connectivity index (χ3v) is 3.84. The van der Waals surface area contributed by atoms with Crippen molar-refractivity contribution in [1.29, 1.82) is 0 Å². The molecule has 0 unspecified atom stereocenters. The Balaban J connectivity index is 1.46. The predicted molar refractivity (Wildman–Crippen MR) is 90.8 cm³/mol. The smallest absolute Gasteiger partial charge is 0.223 e. The Morgan fingerprint density at radius 3 is 2.76 bits per heavy atom. The summed E-state index contributed by atoms with van der Waals surface area (Å²) in [5, 5.41) is 3.25. The normalized spacial score (nSPS) is 12.6. The Bertz CT molecular complexity index is 751. The highest BCUT2D eigenvalue weighted by atomic mass is 35.5. The van der Waals surface area contributed by atoms with Crippen molar-refractivity contribution in [2.45, 2.75) is 13.0 Å². The fourth-order valence-electron chi connectivity index (χ4n) is 2.35. The molecule has 0 spiro atoms. The average molecular weight is 366 g/mol. The van der Waals surface area contributed by atoms with Crippen LogP contribution in [0.1, 0.15) is 12.0 Å². The molecule has 1 aliphatic rings. The number of halogens is 2. The minimum atomic E-state index is -0.330. The zero-order valence-electron chi connectivity index (χ0n) is 13.4. The highest BCUT2D eigenvalue weighted by molar-refractivity contribution is 6.32. The van der Waals surface area contributed by atoms with Crippen LogP contribution in [-0.2, 0) is 11.3 Å². The van der Waals surface area contributed by atoms with Crippen molar-refractivity contribution in [3.05, 3.63) is 52.8 Å². The third kappa shape index (κ3) is 4.76. The van der Waals surface area contributed by atoms with Gasteiger partial charge in [-0.1, -0.05) is 11.6 Å². The van der Waals surface area contributed by atoms with E-state index in [-0.39, 0.29) is 24.8 Å². The van der Waals surface area contributed by atoms with Gasteiger partial charge in [-0.2, -0.15) is 0 Å². The molecule has 5 nitrogen and oxygen atoms in total. The van der Waals surface area contributed by atoms with Gasteiger partial charge in [0.05, 0.1) is 18.1 Å². The molecular weight excluding hydrogens is 349 g/mol. The minimum absolute atomic E-state index is 0.159. The van der Waals surface area contributed by atoms with Gasteiger partial charge < -0.3 is 19.5 Å². The van der Waals surface area contributed by atoms with E-state index in [1.165, 1.54) is 24.3 Å². The monoisotopic (exact) mass is 365 g/mol. The van der Waals surface area contributed by atoms with Crippen LogP contribution in [0.3, 0.4) is 0 Å². The first-order valence-electron chi connectivity index (χ1n) is 7.85. The molecule has 7 heteroatoms. The van der Waals surface area contributed by atoms with Crippen molar-refractivity contribution in [3.8, 4) is 17.2 Å². The molecule has 0 fully saturated rings. The van der Waals surface area contributed by atoms with Gasteiger partial charge in [-0.05, 0) is 42.0 Å². The zero-order valence-corrected chi connectivity index (χ0v) is 14.1. The Hall–Kier alpha value is -2.47. The maximum absolute atomic E-state index is 12.8. The molecular formula is C18H17ClFNO4. The van der Waals surface area contributed by atoms with E-state index in [2.05, 4.69) is 5.32 Å². The van der Waals surface area contributed by atoms with E-state index in [1.54, 1.807) is 12.1 Å². The second-order valence-corrected chi connectivity index (χ2v) is 5.84. The van der Waals surface area contributed by atoms with Crippen LogP contribution in [-0.4, -0.2) is 25.7 Å². The van der Waals surface area contributed by atoms with Crippen LogP contribution in [0.25, 0.3) is 0 Å². The largest absolute Gasteiger partial charge is 0.493 e. The molecule has 0 aromatic heterocycles. The van der Waals surface area contributed by atoms with Crippen LogP contribution in [0.15, 0.2) is 36.4 Å². The van der Waals surface area contributed by atoms with Gasteiger partial charge in [0.2, 0.25) is 5.91 Å². The van der Waals surface area contributed by atoms with Crippen molar-refractivity contribution >= 4 is 17.5 Å². The summed E-state index contributed by atoms with van der Waals surface area (Å²) in [7, 11) is 0. The van der Waals surface area contributed by atoms with Crippen molar-refractivity contribution < 1.29 is 23.4 Å². The summed E-state index contributed by atoms with van der Waals surface area (Å²) in [6.45, 7) is 1.47. The average Bonchev–Trinajstić information content (AvgIpc) is 2.62. The lowest BCUT2D eigenvalue weighted by Crippen LogP contribution is -2.24. The lowest BCUT2D eigenvalue weighted by molar-refractivity contribution is -0.121. The first-order valence-corrected chi connectivity index (χ1v) is 8.23. The molecule has 25 heavy (non-hydrogen) atoms. The predicted octanol–water partition coefficient (Wildman–Crippen LogP) is 3.34. The van der Waals surface area contributed by atoms with Crippen LogP contribution in [0.5, 0.6) is 17.2 Å². The highest BCUT2D eigenvalue weighted by Crippen LogP contribution is 2.38. The van der Waals surface area contributed by atoms with Crippen molar-refractivity contribution in [3.63, 3.8) is 0 Å². The molecule has 0 aliphatic carbocycles. The Kier molecular flexibility index (Phi) is 5.60. The number of hydrogen-bond donors (Lipinski definition) is 1. The van der Waals surface area contributed by atoms with Gasteiger partial charge >= 0.3 is 0 Å². The maximum atomic E-state index is 12.8. The molecule has 1 N–H and O–H groups in total. The Morgan fingerprint density at radius 1 is 1.20 bits per heavy atom. The molecule has 0 radical (unpaired) electrons. The van der Waals surface area contributed by atoms with E-state index in [9.17, 15) is 9.18 Å². The number of fused-ring (bicyclic) bond motifs is 1. The van der Waals surface area contributed by atoms with E-state index >= 15 is 0 Å². The van der Waals surface area contributed by atoms with E-state index in [0.717, 1.165) is 5.56 Å². The fraction of sp³-hybridized carbons (Fsp3) is 0.278. The van der Waals surface area contributed by atoms with Gasteiger partial charge in [0.15, 0.2) is 11.5 Å². The molecule has 2 aromatic rings. The standard InChI is InChI=1S/C18H17ClFNO4/c19-15-9-12(10-16-18(15)25-8-7-24-16)11-21-17(22)5-6-23-14-3-1-13(20)2-4-14/h1-4,9-10H,5-8,11H2,(H,21,22). The number of benzene rings is 2. The second kappa shape index (κ2) is 8.07. The van der Waals surface area contributed by atoms with Crippen LogP contribution < -0.4 is 19.5 Å². The second-order valence-electron chi connectivity index (χ2n) is 5.43. The first-order chi connectivity index (χ1) is 12.1. The molecule has 132 valence electrons. The van der Waals surface area contributed by atoms with Crippen molar-refractivity contribution in [1.82, 2.24) is 5.32 Å². The number of amides is 1. The van der Waals surface area contributed by atoms with Crippen molar-refractivity contribution in [2.75, 3.05) is 19.8 Å². The highest BCUT2D eigenvalue weighted by Gasteiger charge is 2.16. The number of rotatable bonds is 6. The summed E-state index contributed by atoms with van der Waals surface area (Å²) in [5.74, 6) is 1.16. The molecule has 1 heterocycles. The summed E-state index contributed by atoms with van der Waals surface area (Å²) < 4.78 is 29.1. The third-order valence-electron chi connectivity index (χ3n) is 3.56. The quantitative estimate of drug-likeness (QED) is 0.853. The number of ether oxygens (including phenoxy) is 3. The molecule has 0 saturated heterocycles. The van der Waals surface area contributed by atoms with Crippen LogP contribution in [0.2, 0.25) is 5.02 Å². The van der Waals surface area contributed by atoms with Gasteiger partial charge in [0, 0.05) is 6.54 Å². The molecule has 2 aromatic carbocycles. The topological polar surface area (TPSA) is 56.8 Å². The number of carbonyl (C=O) groups excluding carboxylic acids is 1. The lowest BCUT2D eigenvalue weighted by Gasteiger charge is -2.20. The van der Waals surface area contributed by atoms with Gasteiger partial charge in [-0.25, -0.2) is 4.39 Å². The van der Waals surface area contributed by atoms with Crippen molar-refractivity contribution in [2.24, 2.45) is 0 Å². The summed E-state index contributed by atoms with van der Waals surface area (Å²) in [6.07, 6.45) is 0.190. The van der Waals surface area contributed by atoms with Gasteiger partial charge in [-0.3, -0.25) is 4.79 Å². The van der Waals surface area contributed by atoms with E-state index in [1.807, 2.05) is 0 Å². The number of carbonyl (C=O) groups is 1. The Labute approximate surface area is 149 Å². The van der Waals surface area contributed by atoms with E-state index in [0.29, 0.717) is 42.0 Å². The summed E-state index contributed by atoms with van der Waals surface area (Å²) in [5.41, 5.74) is 0.821. The molecule has 0 bridgehead atoms. The molecule has 0 atom stereocenters. The first kappa shape index (κ1) is 17.4. The number of nitrogens with one attached hydrogen (secondary N) is 1. The summed E-state index contributed by atoms with van der Waals surface area (Å²) >= 11 is 6.16. The maximum Gasteiger partial charge on any atom is 0.223 e. The lowest BCUT2D eigenvalue weighted by atomic mass is 10.2. The van der Waals surface area contributed by atoms with Gasteiger partial charge in [-0.15, -0.1) is 0 Å². The Morgan fingerprint density at radius 2 is 1.96 bits per heavy atom. The van der Waals surface area contributed by atoms with Crippen LogP contribution in [0.4, 0.5) is 4.39 Å². The van der Waals surface area contributed by atoms with Gasteiger partial charge in [0.1, 0.15) is 24.8 Å². The summed E-state index contributed by atoms with van der Waals surface area (Å²) in [4.78, 5) is 11.9. The van der Waals surface area contributed by atoms with Crippen LogP contribution in [0, 0.1) is 5.82 Å². The molecule has 0 saturated carbocycles. The van der Waals surface area contributed by atoms with E-state index in [4.69, 9.17) is 25.8 Å². The van der Waals surface area contributed by atoms with Gasteiger partial charge in [0.25, 0.3) is 0 Å². The van der Waals surface area contributed by atoms with Crippen LogP contribution >= 0.6 is 11.6 Å². The number of hydrogen-bond acceptors (Lipinski definition) is 4. The minimum Gasteiger partial charge on any atom is -0.493 e. The molecule has 1 aliphatic heterocycles. The zero-order chi connectivity index (χ0) is 17.6. The fourth-order valence-corrected chi connectivity index (χ4v) is 2.64. The molecule has 3 rings (SSSR count).